The molecule has 2 aliphatic heterocycles. The summed E-state index contributed by atoms with van der Waals surface area (Å²) in [6.07, 6.45) is 2.56. The molecule has 68 heavy (non-hydrogen) atoms. The van der Waals surface area contributed by atoms with E-state index in [1.54, 1.807) is 0 Å². The Morgan fingerprint density at radius 2 is 0.559 bits per heavy atom. The third kappa shape index (κ3) is 28.3. The average Bonchev–Trinajstić information content (AvgIpc) is 3.98. The van der Waals surface area contributed by atoms with E-state index in [2.05, 4.69) is 193 Å². The molecule has 6 aromatic rings. The summed E-state index contributed by atoms with van der Waals surface area (Å²) in [6.45, 7) is 16.5. The van der Waals surface area contributed by atoms with Gasteiger partial charge in [-0.2, -0.15) is 0 Å². The standard InChI is InChI=1S/2C18H15P.C12H26N2O4.C4H8O.C4H10O.Ir.K.4H/c2*1-4-10-16(11-5-1)19(17-12-6-2-7-13-17)18-14-8-3-9-15-18;1-5-15-9-10-17-7-3-14-4-8-18-12-11-16-6-2-13-1;1-2-4-5-3-1;1-3-5-4-2;;;;;;/h2*1-15H;13-14H,1-12H2;1-4H2;3-4H2,1-2H3;;;;;;/q;;;;;+3;+1;4*-1. The summed E-state index contributed by atoms with van der Waals surface area (Å²) < 4.78 is 31.4. The summed E-state index contributed by atoms with van der Waals surface area (Å²) in [5.74, 6) is 0. The van der Waals surface area contributed by atoms with E-state index in [0.717, 1.165) is 52.6 Å². The van der Waals surface area contributed by atoms with Gasteiger partial charge in [-0.15, -0.1) is 0 Å². The first kappa shape index (κ1) is 62.3. The fourth-order valence-electron chi connectivity index (χ4n) is 6.54. The topological polar surface area (TPSA) is 79.4 Å². The minimum absolute atomic E-state index is 0. The second-order valence-electron chi connectivity index (χ2n) is 14.7. The molecule has 2 saturated heterocycles. The van der Waals surface area contributed by atoms with Gasteiger partial charge < -0.3 is 44.8 Å². The molecule has 2 heterocycles. The first-order valence-corrected chi connectivity index (χ1v) is 26.3. The minimum Gasteiger partial charge on any atom is -1.00 e. The smallest absolute Gasteiger partial charge is 1.00 e. The molecule has 0 spiro atoms. The van der Waals surface area contributed by atoms with Gasteiger partial charge in [0.05, 0.1) is 52.9 Å². The predicted molar refractivity (Wildman–Crippen MR) is 286 cm³/mol. The number of hydrogen-bond donors (Lipinski definition) is 2. The molecule has 0 saturated carbocycles. The third-order valence-corrected chi connectivity index (χ3v) is 14.6. The van der Waals surface area contributed by atoms with Gasteiger partial charge in [0.25, 0.3) is 0 Å². The Balaban J connectivity index is -0.000000869. The van der Waals surface area contributed by atoms with Crippen LogP contribution in [0.2, 0.25) is 0 Å². The molecule has 0 atom stereocenters. The van der Waals surface area contributed by atoms with Crippen LogP contribution in [0.15, 0.2) is 182 Å². The zero-order valence-electron chi connectivity index (χ0n) is 44.7. The van der Waals surface area contributed by atoms with Gasteiger partial charge in [0, 0.05) is 52.6 Å². The predicted octanol–water partition coefficient (Wildman–Crippen LogP) is 5.43. The maximum atomic E-state index is 5.41. The van der Waals surface area contributed by atoms with Gasteiger partial charge in [0.1, 0.15) is 0 Å². The first-order valence-electron chi connectivity index (χ1n) is 23.6. The average molecular weight is 1170 g/mol. The molecule has 12 heteroatoms. The molecular formula is C56H78IrKN2O6P2. The van der Waals surface area contributed by atoms with E-state index in [1.165, 1.54) is 44.7 Å². The maximum absolute atomic E-state index is 5.41. The number of benzene rings is 6. The molecule has 2 fully saturated rings. The van der Waals surface area contributed by atoms with Crippen molar-refractivity contribution in [2.75, 3.05) is 105 Å². The van der Waals surface area contributed by atoms with Crippen LogP contribution in [0.3, 0.4) is 0 Å². The normalized spacial score (nSPS) is 14.6. The van der Waals surface area contributed by atoms with Crippen LogP contribution in [0.1, 0.15) is 32.4 Å². The summed E-state index contributed by atoms with van der Waals surface area (Å²) in [4.78, 5) is 0. The van der Waals surface area contributed by atoms with Crippen LogP contribution in [0, 0.1) is 0 Å². The van der Waals surface area contributed by atoms with E-state index in [9.17, 15) is 0 Å². The largest absolute Gasteiger partial charge is 3.00 e. The summed E-state index contributed by atoms with van der Waals surface area (Å²) in [5, 5.41) is 14.9. The van der Waals surface area contributed by atoms with E-state index < -0.39 is 15.8 Å². The molecule has 368 valence electrons. The molecule has 8 rings (SSSR count). The molecular weight excluding hydrogens is 1090 g/mol. The quantitative estimate of drug-likeness (QED) is 0.155. The van der Waals surface area contributed by atoms with Crippen molar-refractivity contribution < 1.29 is 106 Å². The van der Waals surface area contributed by atoms with Gasteiger partial charge in [0.2, 0.25) is 0 Å². The van der Waals surface area contributed by atoms with Crippen molar-refractivity contribution in [3.05, 3.63) is 182 Å². The van der Waals surface area contributed by atoms with E-state index >= 15 is 0 Å². The van der Waals surface area contributed by atoms with Crippen molar-refractivity contribution in [1.82, 2.24) is 10.6 Å². The molecule has 2 N–H and O–H groups in total. The van der Waals surface area contributed by atoms with E-state index in [-0.39, 0.29) is 77.2 Å². The van der Waals surface area contributed by atoms with Crippen LogP contribution in [-0.4, -0.2) is 105 Å². The Kier molecular flexibility index (Phi) is 40.2. The van der Waals surface area contributed by atoms with Crippen molar-refractivity contribution in [3.8, 4) is 0 Å². The fraction of sp³-hybridized carbons (Fsp3) is 0.357. The number of hydrogen-bond acceptors (Lipinski definition) is 8. The molecule has 0 radical (unpaired) electrons. The van der Waals surface area contributed by atoms with Crippen LogP contribution in [0.4, 0.5) is 0 Å². The van der Waals surface area contributed by atoms with Crippen LogP contribution < -0.4 is 93.8 Å². The number of ether oxygens (including phenoxy) is 6. The number of rotatable bonds is 8. The van der Waals surface area contributed by atoms with Gasteiger partial charge in [-0.1, -0.05) is 182 Å². The van der Waals surface area contributed by atoms with Crippen LogP contribution in [0.5, 0.6) is 0 Å². The van der Waals surface area contributed by atoms with Crippen LogP contribution in [-0.2, 0) is 48.5 Å². The molecule has 0 bridgehead atoms. The summed E-state index contributed by atoms with van der Waals surface area (Å²) in [6, 6.07) is 64.7. The Morgan fingerprint density at radius 3 is 0.721 bits per heavy atom. The summed E-state index contributed by atoms with van der Waals surface area (Å²) in [5.41, 5.74) is 0. The Labute approximate surface area is 473 Å². The van der Waals surface area contributed by atoms with Crippen molar-refractivity contribution in [1.29, 1.82) is 0 Å². The van der Waals surface area contributed by atoms with E-state index in [4.69, 9.17) is 28.4 Å². The molecule has 0 aromatic heterocycles. The second kappa shape index (κ2) is 43.9. The zero-order valence-corrected chi connectivity index (χ0v) is 48.0. The molecule has 8 nitrogen and oxygen atoms in total. The minimum atomic E-state index is -0.446. The summed E-state index contributed by atoms with van der Waals surface area (Å²) in [7, 11) is -0.892. The van der Waals surface area contributed by atoms with Gasteiger partial charge in [0.15, 0.2) is 0 Å². The van der Waals surface area contributed by atoms with Crippen molar-refractivity contribution in [2.45, 2.75) is 26.7 Å². The molecule has 0 aliphatic carbocycles. The van der Waals surface area contributed by atoms with Crippen LogP contribution in [0.25, 0.3) is 0 Å². The Morgan fingerprint density at radius 1 is 0.353 bits per heavy atom. The van der Waals surface area contributed by atoms with Crippen molar-refractivity contribution >= 4 is 47.7 Å². The molecule has 0 unspecified atom stereocenters. The van der Waals surface area contributed by atoms with Gasteiger partial charge in [-0.25, -0.2) is 0 Å². The second-order valence-corrected chi connectivity index (χ2v) is 19.2. The van der Waals surface area contributed by atoms with E-state index in [0.29, 0.717) is 52.9 Å². The van der Waals surface area contributed by atoms with Gasteiger partial charge >= 0.3 is 71.5 Å². The summed E-state index contributed by atoms with van der Waals surface area (Å²) >= 11 is 0. The van der Waals surface area contributed by atoms with Crippen LogP contribution >= 0.6 is 15.8 Å². The van der Waals surface area contributed by atoms with Crippen molar-refractivity contribution in [3.63, 3.8) is 0 Å². The molecule has 2 aliphatic rings. The van der Waals surface area contributed by atoms with Gasteiger partial charge in [-0.05, 0) is 74.4 Å². The zero-order chi connectivity index (χ0) is 46.2. The van der Waals surface area contributed by atoms with Gasteiger partial charge in [-0.3, -0.25) is 0 Å². The maximum Gasteiger partial charge on any atom is 3.00 e. The van der Waals surface area contributed by atoms with E-state index in [1.807, 2.05) is 13.8 Å². The Bertz CT molecular complexity index is 1600. The SMILES string of the molecule is C1CCOC1.C1COCCOCCNCCOCCOCCN1.CCOCC.[H-].[H-].[H-].[H-].[Ir+3].[K+].c1ccc(P(c2ccccc2)c2ccccc2)cc1.c1ccc(P(c2ccccc2)c2ccccc2)cc1. The molecule has 6 aromatic carbocycles. The monoisotopic (exact) mass is 1170 g/mol. The molecule has 0 amide bonds. The Hall–Kier alpha value is -1.85. The third-order valence-electron chi connectivity index (χ3n) is 9.76. The fourth-order valence-corrected chi connectivity index (χ4v) is 11.2. The number of nitrogens with one attached hydrogen (secondary N) is 2. The van der Waals surface area contributed by atoms with Crippen molar-refractivity contribution in [2.24, 2.45) is 0 Å². The first-order chi connectivity index (χ1) is 32.8.